The van der Waals surface area contributed by atoms with Gasteiger partial charge in [0.25, 0.3) is 0 Å². The van der Waals surface area contributed by atoms with Crippen molar-refractivity contribution in [1.29, 1.82) is 0 Å². The standard InChI is InChI=1S/C15H16N4/c1-3-12-13(4-1)17-15(19-9-2-10-19)18-14(12)11-5-7-16-8-6-11/h5-8H,1-4,9-10H2. The van der Waals surface area contributed by atoms with E-state index in [1.807, 2.05) is 24.5 Å². The van der Waals surface area contributed by atoms with Gasteiger partial charge in [0.1, 0.15) is 0 Å². The second-order valence-electron chi connectivity index (χ2n) is 5.23. The van der Waals surface area contributed by atoms with Crippen LogP contribution in [0.25, 0.3) is 11.3 Å². The highest BCUT2D eigenvalue weighted by Gasteiger charge is 2.24. The largest absolute Gasteiger partial charge is 0.341 e. The maximum atomic E-state index is 4.82. The van der Waals surface area contributed by atoms with Gasteiger partial charge in [0, 0.05) is 42.3 Å². The van der Waals surface area contributed by atoms with E-state index in [0.717, 1.165) is 43.1 Å². The molecule has 0 bridgehead atoms. The molecule has 0 unspecified atom stereocenters. The zero-order valence-electron chi connectivity index (χ0n) is 10.8. The summed E-state index contributed by atoms with van der Waals surface area (Å²) >= 11 is 0. The molecule has 4 heteroatoms. The van der Waals surface area contributed by atoms with Crippen LogP contribution in [0.5, 0.6) is 0 Å². The van der Waals surface area contributed by atoms with Gasteiger partial charge in [-0.1, -0.05) is 0 Å². The number of pyridine rings is 1. The lowest BCUT2D eigenvalue weighted by Crippen LogP contribution is -2.38. The molecule has 0 aromatic carbocycles. The predicted molar refractivity (Wildman–Crippen MR) is 74.1 cm³/mol. The molecule has 0 spiro atoms. The summed E-state index contributed by atoms with van der Waals surface area (Å²) in [6, 6.07) is 4.08. The van der Waals surface area contributed by atoms with E-state index in [1.165, 1.54) is 24.1 Å². The summed E-state index contributed by atoms with van der Waals surface area (Å²) in [6.07, 6.45) is 8.32. The Kier molecular flexibility index (Phi) is 2.47. The van der Waals surface area contributed by atoms with Crippen molar-refractivity contribution in [2.24, 2.45) is 0 Å². The Hall–Kier alpha value is -1.97. The molecule has 96 valence electrons. The van der Waals surface area contributed by atoms with Gasteiger partial charge in [-0.3, -0.25) is 4.98 Å². The van der Waals surface area contributed by atoms with Crippen LogP contribution in [0.3, 0.4) is 0 Å². The normalized spacial score (nSPS) is 17.2. The highest BCUT2D eigenvalue weighted by molar-refractivity contribution is 5.66. The first kappa shape index (κ1) is 10.9. The van der Waals surface area contributed by atoms with Gasteiger partial charge in [-0.2, -0.15) is 0 Å². The van der Waals surface area contributed by atoms with Crippen molar-refractivity contribution in [2.75, 3.05) is 18.0 Å². The lowest BCUT2D eigenvalue weighted by molar-refractivity contribution is 0.599. The number of anilines is 1. The Labute approximate surface area is 112 Å². The minimum absolute atomic E-state index is 0.915. The molecule has 19 heavy (non-hydrogen) atoms. The van der Waals surface area contributed by atoms with Gasteiger partial charge in [-0.05, 0) is 37.8 Å². The van der Waals surface area contributed by atoms with Crippen LogP contribution in [0.2, 0.25) is 0 Å². The lowest BCUT2D eigenvalue weighted by Gasteiger charge is -2.31. The van der Waals surface area contributed by atoms with Gasteiger partial charge in [0.15, 0.2) is 0 Å². The number of fused-ring (bicyclic) bond motifs is 1. The number of aryl methyl sites for hydroxylation is 1. The van der Waals surface area contributed by atoms with E-state index < -0.39 is 0 Å². The predicted octanol–water partition coefficient (Wildman–Crippen LogP) is 2.24. The summed E-state index contributed by atoms with van der Waals surface area (Å²) < 4.78 is 0. The number of rotatable bonds is 2. The van der Waals surface area contributed by atoms with Crippen molar-refractivity contribution in [1.82, 2.24) is 15.0 Å². The van der Waals surface area contributed by atoms with Gasteiger partial charge in [-0.15, -0.1) is 0 Å². The Morgan fingerprint density at radius 2 is 1.79 bits per heavy atom. The molecule has 3 heterocycles. The van der Waals surface area contributed by atoms with Crippen LogP contribution in [-0.4, -0.2) is 28.0 Å². The molecule has 1 saturated heterocycles. The molecular weight excluding hydrogens is 236 g/mol. The van der Waals surface area contributed by atoms with Crippen LogP contribution < -0.4 is 4.90 Å². The maximum absolute atomic E-state index is 4.82. The summed E-state index contributed by atoms with van der Waals surface area (Å²) in [5.74, 6) is 0.915. The van der Waals surface area contributed by atoms with Crippen LogP contribution in [0.1, 0.15) is 24.1 Å². The van der Waals surface area contributed by atoms with Gasteiger partial charge >= 0.3 is 0 Å². The van der Waals surface area contributed by atoms with Gasteiger partial charge in [0.05, 0.1) is 5.69 Å². The number of nitrogens with zero attached hydrogens (tertiary/aromatic N) is 4. The first-order chi connectivity index (χ1) is 9.42. The zero-order chi connectivity index (χ0) is 12.7. The monoisotopic (exact) mass is 252 g/mol. The van der Waals surface area contributed by atoms with E-state index in [0.29, 0.717) is 0 Å². The smallest absolute Gasteiger partial charge is 0.226 e. The van der Waals surface area contributed by atoms with Crippen molar-refractivity contribution >= 4 is 5.95 Å². The second kappa shape index (κ2) is 4.30. The van der Waals surface area contributed by atoms with Crippen molar-refractivity contribution < 1.29 is 0 Å². The van der Waals surface area contributed by atoms with Crippen molar-refractivity contribution in [3.63, 3.8) is 0 Å². The van der Waals surface area contributed by atoms with Gasteiger partial charge < -0.3 is 4.90 Å². The van der Waals surface area contributed by atoms with E-state index in [2.05, 4.69) is 9.88 Å². The van der Waals surface area contributed by atoms with Crippen LogP contribution in [0, 0.1) is 0 Å². The summed E-state index contributed by atoms with van der Waals surface area (Å²) in [6.45, 7) is 2.18. The van der Waals surface area contributed by atoms with Crippen LogP contribution in [0.15, 0.2) is 24.5 Å². The molecule has 0 amide bonds. The molecule has 2 aromatic heterocycles. The average Bonchev–Trinajstić information content (AvgIpc) is 2.85. The molecule has 2 aromatic rings. The molecule has 4 rings (SSSR count). The molecule has 0 N–H and O–H groups in total. The molecule has 0 radical (unpaired) electrons. The summed E-state index contributed by atoms with van der Waals surface area (Å²) in [4.78, 5) is 15.9. The molecule has 0 atom stereocenters. The molecule has 0 saturated carbocycles. The molecular formula is C15H16N4. The Balaban J connectivity index is 1.86. The third-order valence-corrected chi connectivity index (χ3v) is 4.01. The third-order valence-electron chi connectivity index (χ3n) is 4.01. The molecule has 4 nitrogen and oxygen atoms in total. The minimum Gasteiger partial charge on any atom is -0.341 e. The number of hydrogen-bond acceptors (Lipinski definition) is 4. The highest BCUT2D eigenvalue weighted by Crippen LogP contribution is 2.32. The van der Waals surface area contributed by atoms with E-state index in [4.69, 9.17) is 9.97 Å². The SMILES string of the molecule is c1cc(-c2nc(N3CCC3)nc3c2CCC3)ccn1. The fourth-order valence-corrected chi connectivity index (χ4v) is 2.83. The first-order valence-electron chi connectivity index (χ1n) is 6.97. The van der Waals surface area contributed by atoms with Crippen LogP contribution in [0.4, 0.5) is 5.95 Å². The topological polar surface area (TPSA) is 41.9 Å². The molecule has 2 aliphatic rings. The highest BCUT2D eigenvalue weighted by atomic mass is 15.3. The summed E-state index contributed by atoms with van der Waals surface area (Å²) in [5.41, 5.74) is 4.88. The summed E-state index contributed by atoms with van der Waals surface area (Å²) in [7, 11) is 0. The summed E-state index contributed by atoms with van der Waals surface area (Å²) in [5, 5.41) is 0. The number of aromatic nitrogens is 3. The maximum Gasteiger partial charge on any atom is 0.226 e. The Morgan fingerprint density at radius 3 is 2.53 bits per heavy atom. The molecule has 1 fully saturated rings. The van der Waals surface area contributed by atoms with Gasteiger partial charge in [-0.25, -0.2) is 9.97 Å². The van der Waals surface area contributed by atoms with E-state index in [9.17, 15) is 0 Å². The second-order valence-corrected chi connectivity index (χ2v) is 5.23. The fourth-order valence-electron chi connectivity index (χ4n) is 2.83. The van der Waals surface area contributed by atoms with Crippen LogP contribution in [-0.2, 0) is 12.8 Å². The number of hydrogen-bond donors (Lipinski definition) is 0. The molecule has 1 aliphatic carbocycles. The van der Waals surface area contributed by atoms with Crippen molar-refractivity contribution in [3.8, 4) is 11.3 Å². The van der Waals surface area contributed by atoms with Crippen molar-refractivity contribution in [2.45, 2.75) is 25.7 Å². The fraction of sp³-hybridized carbons (Fsp3) is 0.400. The molecule has 1 aliphatic heterocycles. The lowest BCUT2D eigenvalue weighted by atomic mass is 10.1. The van der Waals surface area contributed by atoms with E-state index >= 15 is 0 Å². The minimum atomic E-state index is 0.915. The van der Waals surface area contributed by atoms with Crippen molar-refractivity contribution in [3.05, 3.63) is 35.8 Å². The first-order valence-corrected chi connectivity index (χ1v) is 6.97. The Bertz CT molecular complexity index is 605. The zero-order valence-corrected chi connectivity index (χ0v) is 10.8. The van der Waals surface area contributed by atoms with E-state index in [1.54, 1.807) is 0 Å². The van der Waals surface area contributed by atoms with Gasteiger partial charge in [0.2, 0.25) is 5.95 Å². The van der Waals surface area contributed by atoms with E-state index in [-0.39, 0.29) is 0 Å². The third kappa shape index (κ3) is 1.79. The van der Waals surface area contributed by atoms with Crippen LogP contribution >= 0.6 is 0 Å². The quantitative estimate of drug-likeness (QED) is 0.822. The Morgan fingerprint density at radius 1 is 0.947 bits per heavy atom. The average molecular weight is 252 g/mol.